The average Bonchev–Trinajstić information content (AvgIpc) is 3.80. The van der Waals surface area contributed by atoms with Gasteiger partial charge in [-0.05, 0) is 111 Å². The molecule has 2 heterocycles. The van der Waals surface area contributed by atoms with Gasteiger partial charge in [0.25, 0.3) is 0 Å². The molecule has 8 aromatic carbocycles. The second-order valence-electron chi connectivity index (χ2n) is 15.2. The molecule has 0 saturated heterocycles. The highest BCUT2D eigenvalue weighted by atomic mass is 32.1. The Morgan fingerprint density at radius 3 is 2.30 bits per heavy atom. The number of benzene rings is 8. The minimum absolute atomic E-state index is 0.489. The van der Waals surface area contributed by atoms with E-state index in [0.717, 1.165) is 71.2 Å². The summed E-state index contributed by atoms with van der Waals surface area (Å²) in [5.74, 6) is 1.21. The van der Waals surface area contributed by atoms with Gasteiger partial charge in [0, 0.05) is 42.1 Å². The van der Waals surface area contributed by atoms with Crippen LogP contribution in [0, 0.1) is 0 Å². The highest BCUT2D eigenvalue weighted by molar-refractivity contribution is 7.26. The first-order valence-corrected chi connectivity index (χ1v) is 21.0. The van der Waals surface area contributed by atoms with Crippen LogP contribution in [0.4, 0.5) is 0 Å². The van der Waals surface area contributed by atoms with Gasteiger partial charge in [0.15, 0.2) is 11.7 Å². The third-order valence-corrected chi connectivity index (χ3v) is 12.7. The van der Waals surface area contributed by atoms with Crippen LogP contribution in [0.1, 0.15) is 28.7 Å². The summed E-state index contributed by atoms with van der Waals surface area (Å²) in [7, 11) is 0. The van der Waals surface area contributed by atoms with E-state index >= 15 is 0 Å². The molecular weight excluding hydrogens is 751 g/mol. The largest absolute Gasteiger partial charge is 0.456 e. The minimum Gasteiger partial charge on any atom is -0.456 e. The number of hydrogen-bond acceptors (Lipinski definition) is 3. The Labute approximate surface area is 351 Å². The number of aliphatic imine (C=N–C) groups is 3. The van der Waals surface area contributed by atoms with Crippen molar-refractivity contribution in [2.45, 2.75) is 13.0 Å². The molecule has 5 heteroatoms. The molecule has 0 fully saturated rings. The standard InChI is InChI=1S/C55H37N3OS/c1-56-55(48-21-10-20-46-45-18-7-8-23-51(45)60-53(46)48)58-54(57-34-35-12-3-2-4-13-35)42-17-9-16-37-25-27-41(31-43(37)32-42)44-19-11-22-49-52(44)47-29-28-40(33-50(47)59-49)39-26-24-36-14-5-6-15-38(36)30-39/h2-16,18-33H,1,17,34H2/b57-54-,58-55-. The van der Waals surface area contributed by atoms with Crippen molar-refractivity contribution in [2.75, 3.05) is 0 Å². The molecule has 0 atom stereocenters. The van der Waals surface area contributed by atoms with Crippen LogP contribution in [0.15, 0.2) is 201 Å². The van der Waals surface area contributed by atoms with Gasteiger partial charge >= 0.3 is 0 Å². The quantitative estimate of drug-likeness (QED) is 0.122. The van der Waals surface area contributed by atoms with E-state index in [0.29, 0.717) is 24.6 Å². The number of nitrogens with zero attached hydrogens (tertiary/aromatic N) is 3. The van der Waals surface area contributed by atoms with Gasteiger partial charge in [-0.1, -0.05) is 140 Å². The summed E-state index contributed by atoms with van der Waals surface area (Å²) < 4.78 is 8.94. The SMILES string of the molecule is C=N/C(=N\C(=N/Cc1ccccc1)C1=Cc2cc(-c3cccc4oc5cc(-c6ccc7ccccc7c6)ccc5c34)ccc2C=CC1)c1cccc2c1sc1ccccc12. The Morgan fingerprint density at radius 1 is 0.600 bits per heavy atom. The van der Waals surface area contributed by atoms with E-state index in [2.05, 4.69) is 182 Å². The topological polar surface area (TPSA) is 50.2 Å². The van der Waals surface area contributed by atoms with Crippen LogP contribution in [-0.4, -0.2) is 18.4 Å². The van der Waals surface area contributed by atoms with Gasteiger partial charge < -0.3 is 4.42 Å². The molecule has 0 bridgehead atoms. The maximum absolute atomic E-state index is 6.57. The molecule has 0 spiro atoms. The summed E-state index contributed by atoms with van der Waals surface area (Å²) in [5.41, 5.74) is 11.6. The zero-order valence-electron chi connectivity index (χ0n) is 32.7. The van der Waals surface area contributed by atoms with E-state index in [1.807, 2.05) is 18.2 Å². The van der Waals surface area contributed by atoms with E-state index in [-0.39, 0.29) is 0 Å². The van der Waals surface area contributed by atoms with Gasteiger partial charge in [-0.15, -0.1) is 11.3 Å². The molecule has 1 aliphatic carbocycles. The summed E-state index contributed by atoms with van der Waals surface area (Å²) in [5, 5.41) is 7.08. The molecule has 0 radical (unpaired) electrons. The first kappa shape index (κ1) is 35.7. The van der Waals surface area contributed by atoms with E-state index in [1.54, 1.807) is 11.3 Å². The molecular formula is C55H37N3OS. The molecule has 284 valence electrons. The van der Waals surface area contributed by atoms with Crippen molar-refractivity contribution in [3.05, 3.63) is 204 Å². The molecule has 0 amide bonds. The lowest BCUT2D eigenvalue weighted by Crippen LogP contribution is -2.07. The number of fused-ring (bicyclic) bond motifs is 8. The number of hydrogen-bond donors (Lipinski definition) is 0. The Bertz CT molecular complexity index is 3450. The fourth-order valence-electron chi connectivity index (χ4n) is 8.51. The third kappa shape index (κ3) is 6.46. The van der Waals surface area contributed by atoms with Crippen molar-refractivity contribution in [1.29, 1.82) is 0 Å². The Morgan fingerprint density at radius 2 is 1.38 bits per heavy atom. The second-order valence-corrected chi connectivity index (χ2v) is 16.2. The van der Waals surface area contributed by atoms with E-state index in [9.17, 15) is 0 Å². The fraction of sp³-hybridized carbons (Fsp3) is 0.0364. The number of rotatable bonds is 6. The maximum atomic E-state index is 6.57. The van der Waals surface area contributed by atoms with Gasteiger partial charge in [0.1, 0.15) is 11.2 Å². The smallest absolute Gasteiger partial charge is 0.162 e. The fourth-order valence-corrected chi connectivity index (χ4v) is 9.72. The molecule has 0 unspecified atom stereocenters. The normalized spacial score (nSPS) is 13.3. The maximum Gasteiger partial charge on any atom is 0.162 e. The van der Waals surface area contributed by atoms with Gasteiger partial charge in [-0.25, -0.2) is 9.98 Å². The Kier molecular flexibility index (Phi) is 8.94. The average molecular weight is 788 g/mol. The molecule has 10 aromatic rings. The molecule has 11 rings (SSSR count). The van der Waals surface area contributed by atoms with Gasteiger partial charge in [-0.2, -0.15) is 0 Å². The van der Waals surface area contributed by atoms with E-state index in [4.69, 9.17) is 14.4 Å². The van der Waals surface area contributed by atoms with Crippen LogP contribution in [0.5, 0.6) is 0 Å². The monoisotopic (exact) mass is 787 g/mol. The summed E-state index contributed by atoms with van der Waals surface area (Å²) in [6.45, 7) is 4.50. The molecule has 2 aromatic heterocycles. The summed E-state index contributed by atoms with van der Waals surface area (Å²) in [6, 6.07) is 59.9. The zero-order valence-corrected chi connectivity index (χ0v) is 33.5. The van der Waals surface area contributed by atoms with Crippen molar-refractivity contribution in [3.63, 3.8) is 0 Å². The Hall–Kier alpha value is -7.47. The first-order valence-electron chi connectivity index (χ1n) is 20.2. The number of amidine groups is 2. The van der Waals surface area contributed by atoms with Crippen LogP contribution in [0.2, 0.25) is 0 Å². The van der Waals surface area contributed by atoms with Crippen molar-refractivity contribution in [2.24, 2.45) is 15.0 Å². The highest BCUT2D eigenvalue weighted by Gasteiger charge is 2.18. The molecule has 0 N–H and O–H groups in total. The van der Waals surface area contributed by atoms with Crippen molar-refractivity contribution < 1.29 is 4.42 Å². The predicted octanol–water partition coefficient (Wildman–Crippen LogP) is 15.0. The number of allylic oxidation sites excluding steroid dienone is 1. The highest BCUT2D eigenvalue weighted by Crippen LogP contribution is 2.40. The van der Waals surface area contributed by atoms with Gasteiger partial charge in [0.2, 0.25) is 0 Å². The Balaban J connectivity index is 1.01. The predicted molar refractivity (Wildman–Crippen MR) is 257 cm³/mol. The number of thiophene rings is 1. The van der Waals surface area contributed by atoms with E-state index < -0.39 is 0 Å². The van der Waals surface area contributed by atoms with Crippen LogP contribution < -0.4 is 0 Å². The molecule has 60 heavy (non-hydrogen) atoms. The van der Waals surface area contributed by atoms with Crippen LogP contribution >= 0.6 is 11.3 Å². The van der Waals surface area contributed by atoms with Crippen LogP contribution in [-0.2, 0) is 6.54 Å². The zero-order chi connectivity index (χ0) is 40.0. The molecule has 0 aliphatic heterocycles. The van der Waals surface area contributed by atoms with Crippen molar-refractivity contribution >= 4 is 94.8 Å². The lowest BCUT2D eigenvalue weighted by Gasteiger charge is -2.10. The lowest BCUT2D eigenvalue weighted by molar-refractivity contribution is 0.669. The second kappa shape index (κ2) is 15.0. The first-order chi connectivity index (χ1) is 29.7. The molecule has 4 nitrogen and oxygen atoms in total. The van der Waals surface area contributed by atoms with Gasteiger partial charge in [-0.3, -0.25) is 4.99 Å². The van der Waals surface area contributed by atoms with Crippen LogP contribution in [0.25, 0.3) is 87.3 Å². The minimum atomic E-state index is 0.489. The summed E-state index contributed by atoms with van der Waals surface area (Å²) in [4.78, 5) is 15.0. The van der Waals surface area contributed by atoms with Gasteiger partial charge in [0.05, 0.1) is 6.54 Å². The third-order valence-electron chi connectivity index (χ3n) is 11.5. The van der Waals surface area contributed by atoms with Crippen molar-refractivity contribution in [3.8, 4) is 22.3 Å². The van der Waals surface area contributed by atoms with E-state index in [1.165, 1.54) is 31.8 Å². The lowest BCUT2D eigenvalue weighted by atomic mass is 9.94. The van der Waals surface area contributed by atoms with Crippen molar-refractivity contribution in [1.82, 2.24) is 0 Å². The summed E-state index contributed by atoms with van der Waals surface area (Å²) >= 11 is 1.76. The van der Waals surface area contributed by atoms with Crippen LogP contribution in [0.3, 0.4) is 0 Å². The molecule has 1 aliphatic rings. The molecule has 0 saturated carbocycles. The summed E-state index contributed by atoms with van der Waals surface area (Å²) in [6.07, 6.45) is 7.32. The number of furan rings is 1.